The number of carbonyl (C=O) groups excluding carboxylic acids is 1. The number of nitrogens with one attached hydrogen (secondary N) is 1. The van der Waals surface area contributed by atoms with E-state index in [0.29, 0.717) is 38.6 Å². The molecule has 1 aliphatic carbocycles. The molecule has 0 bridgehead atoms. The molecule has 1 rings (SSSR count). The third-order valence-electron chi connectivity index (χ3n) is 4.08. The Morgan fingerprint density at radius 3 is 2.60 bits per heavy atom. The first kappa shape index (κ1) is 17.2. The summed E-state index contributed by atoms with van der Waals surface area (Å²) in [6.45, 7) is 1.30. The highest BCUT2D eigenvalue weighted by Gasteiger charge is 2.43. The van der Waals surface area contributed by atoms with Crippen LogP contribution in [-0.4, -0.2) is 48.7 Å². The minimum atomic E-state index is -4.22. The van der Waals surface area contributed by atoms with Crippen LogP contribution >= 0.6 is 0 Å². The molecule has 1 aliphatic rings. The molecule has 0 aromatic heterocycles. The van der Waals surface area contributed by atoms with Crippen molar-refractivity contribution in [1.29, 1.82) is 0 Å². The van der Waals surface area contributed by atoms with Crippen LogP contribution in [0.4, 0.5) is 13.2 Å². The molecule has 0 heterocycles. The molecule has 118 valence electrons. The minimum Gasteiger partial charge on any atom is -0.368 e. The van der Waals surface area contributed by atoms with Crippen LogP contribution in [-0.2, 0) is 4.79 Å². The van der Waals surface area contributed by atoms with E-state index in [1.54, 1.807) is 7.05 Å². The first-order valence-electron chi connectivity index (χ1n) is 7.03. The van der Waals surface area contributed by atoms with Crippen molar-refractivity contribution in [3.8, 4) is 0 Å². The van der Waals surface area contributed by atoms with Gasteiger partial charge in [0.25, 0.3) is 0 Å². The van der Waals surface area contributed by atoms with Crippen molar-refractivity contribution in [2.24, 2.45) is 5.73 Å². The predicted octanol–water partition coefficient (Wildman–Crippen LogP) is 1.65. The smallest absolute Gasteiger partial charge is 0.368 e. The largest absolute Gasteiger partial charge is 0.401 e. The number of carbonyl (C=O) groups is 1. The Hall–Kier alpha value is -0.820. The maximum Gasteiger partial charge on any atom is 0.401 e. The van der Waals surface area contributed by atoms with E-state index in [-0.39, 0.29) is 6.04 Å². The van der Waals surface area contributed by atoms with Crippen LogP contribution in [0.3, 0.4) is 0 Å². The van der Waals surface area contributed by atoms with Crippen LogP contribution in [0.25, 0.3) is 0 Å². The minimum absolute atomic E-state index is 0.259. The van der Waals surface area contributed by atoms with Crippen molar-refractivity contribution in [2.45, 2.75) is 56.8 Å². The summed E-state index contributed by atoms with van der Waals surface area (Å²) in [6.07, 6.45) is -1.27. The van der Waals surface area contributed by atoms with Gasteiger partial charge >= 0.3 is 6.18 Å². The Kier molecular flexibility index (Phi) is 5.82. The van der Waals surface area contributed by atoms with Crippen LogP contribution in [0.2, 0.25) is 0 Å². The van der Waals surface area contributed by atoms with Gasteiger partial charge in [-0.1, -0.05) is 6.92 Å². The number of nitrogens with zero attached hydrogens (tertiary/aromatic N) is 1. The van der Waals surface area contributed by atoms with Crippen molar-refractivity contribution >= 4 is 5.91 Å². The number of alkyl halides is 3. The highest BCUT2D eigenvalue weighted by Crippen LogP contribution is 2.32. The number of primary amides is 1. The summed E-state index contributed by atoms with van der Waals surface area (Å²) in [7, 11) is 1.64. The van der Waals surface area contributed by atoms with Gasteiger partial charge in [0.05, 0.1) is 12.1 Å². The SMILES string of the molecule is CCCN(CC(F)(F)F)C1CCCC(NC)(C(N)=O)C1. The molecule has 2 unspecified atom stereocenters. The maximum atomic E-state index is 12.7. The maximum absolute atomic E-state index is 12.7. The Balaban J connectivity index is 2.83. The normalized spacial score (nSPS) is 27.8. The highest BCUT2D eigenvalue weighted by atomic mass is 19.4. The second-order valence-corrected chi connectivity index (χ2v) is 5.53. The topological polar surface area (TPSA) is 58.4 Å². The van der Waals surface area contributed by atoms with Crippen molar-refractivity contribution < 1.29 is 18.0 Å². The molecule has 0 aromatic carbocycles. The van der Waals surface area contributed by atoms with E-state index >= 15 is 0 Å². The average Bonchev–Trinajstić information content (AvgIpc) is 2.36. The number of amides is 1. The van der Waals surface area contributed by atoms with Gasteiger partial charge in [-0.3, -0.25) is 9.69 Å². The average molecular weight is 295 g/mol. The molecule has 1 saturated carbocycles. The molecule has 4 nitrogen and oxygen atoms in total. The fourth-order valence-corrected chi connectivity index (χ4v) is 3.04. The Morgan fingerprint density at radius 1 is 1.50 bits per heavy atom. The zero-order chi connectivity index (χ0) is 15.4. The van der Waals surface area contributed by atoms with E-state index in [0.717, 1.165) is 0 Å². The molecule has 2 atom stereocenters. The monoisotopic (exact) mass is 295 g/mol. The second-order valence-electron chi connectivity index (χ2n) is 5.53. The van der Waals surface area contributed by atoms with Gasteiger partial charge in [-0.2, -0.15) is 13.2 Å². The highest BCUT2D eigenvalue weighted by molar-refractivity contribution is 5.84. The molecule has 0 aliphatic heterocycles. The number of rotatable bonds is 6. The van der Waals surface area contributed by atoms with Crippen LogP contribution in [0.5, 0.6) is 0 Å². The molecular weight excluding hydrogens is 271 g/mol. The molecule has 7 heteroatoms. The van der Waals surface area contributed by atoms with E-state index in [2.05, 4.69) is 5.32 Å². The van der Waals surface area contributed by atoms with Gasteiger partial charge in [0, 0.05) is 6.04 Å². The lowest BCUT2D eigenvalue weighted by Gasteiger charge is -2.43. The first-order valence-corrected chi connectivity index (χ1v) is 7.03. The zero-order valence-electron chi connectivity index (χ0n) is 12.1. The first-order chi connectivity index (χ1) is 9.24. The van der Waals surface area contributed by atoms with Crippen molar-refractivity contribution in [3.63, 3.8) is 0 Å². The summed E-state index contributed by atoms with van der Waals surface area (Å²) < 4.78 is 38.0. The molecule has 0 aromatic rings. The van der Waals surface area contributed by atoms with E-state index in [4.69, 9.17) is 5.73 Å². The lowest BCUT2D eigenvalue weighted by molar-refractivity contribution is -0.154. The molecule has 3 N–H and O–H groups in total. The number of likely N-dealkylation sites (N-methyl/N-ethyl adjacent to an activating group) is 1. The predicted molar refractivity (Wildman–Crippen MR) is 71.2 cm³/mol. The van der Waals surface area contributed by atoms with Crippen molar-refractivity contribution in [1.82, 2.24) is 10.2 Å². The van der Waals surface area contributed by atoms with Crippen molar-refractivity contribution in [3.05, 3.63) is 0 Å². The van der Waals surface area contributed by atoms with Gasteiger partial charge in [-0.05, 0) is 45.7 Å². The summed E-state index contributed by atoms with van der Waals surface area (Å²) in [5, 5.41) is 2.92. The Labute approximate surface area is 117 Å². The summed E-state index contributed by atoms with van der Waals surface area (Å²) in [4.78, 5) is 13.1. The molecule has 0 radical (unpaired) electrons. The Bertz CT molecular complexity index is 335. The van der Waals surface area contributed by atoms with E-state index in [1.165, 1.54) is 4.90 Å². The number of halogens is 3. The number of nitrogens with two attached hydrogens (primary N) is 1. The summed E-state index contributed by atoms with van der Waals surface area (Å²) >= 11 is 0. The van der Waals surface area contributed by atoms with Gasteiger partial charge in [0.1, 0.15) is 0 Å². The third kappa shape index (κ3) is 4.34. The van der Waals surface area contributed by atoms with E-state index in [9.17, 15) is 18.0 Å². The third-order valence-corrected chi connectivity index (χ3v) is 4.08. The van der Waals surface area contributed by atoms with Crippen LogP contribution < -0.4 is 11.1 Å². The fraction of sp³-hybridized carbons (Fsp3) is 0.923. The summed E-state index contributed by atoms with van der Waals surface area (Å²) in [5.74, 6) is -0.479. The molecule has 0 spiro atoms. The van der Waals surface area contributed by atoms with Crippen LogP contribution in [0.15, 0.2) is 0 Å². The molecule has 1 amide bonds. The number of hydrogen-bond donors (Lipinski definition) is 2. The zero-order valence-corrected chi connectivity index (χ0v) is 12.1. The van der Waals surface area contributed by atoms with E-state index < -0.39 is 24.2 Å². The standard InChI is InChI=1S/C13H24F3N3O/c1-3-7-19(9-13(14,15)16)10-5-4-6-12(8-10,18-2)11(17)20/h10,18H,3-9H2,1-2H3,(H2,17,20). The fourth-order valence-electron chi connectivity index (χ4n) is 3.04. The lowest BCUT2D eigenvalue weighted by Crippen LogP contribution is -2.60. The second kappa shape index (κ2) is 6.76. The molecular formula is C13H24F3N3O. The van der Waals surface area contributed by atoms with Crippen LogP contribution in [0, 0.1) is 0 Å². The Morgan fingerprint density at radius 2 is 2.15 bits per heavy atom. The molecule has 1 fully saturated rings. The summed E-state index contributed by atoms with van der Waals surface area (Å²) in [6, 6.07) is -0.259. The van der Waals surface area contributed by atoms with Crippen molar-refractivity contribution in [2.75, 3.05) is 20.1 Å². The lowest BCUT2D eigenvalue weighted by atomic mass is 9.78. The number of hydrogen-bond acceptors (Lipinski definition) is 3. The van der Waals surface area contributed by atoms with Gasteiger partial charge in [0.2, 0.25) is 5.91 Å². The van der Waals surface area contributed by atoms with E-state index in [1.807, 2.05) is 6.92 Å². The van der Waals surface area contributed by atoms with Gasteiger partial charge < -0.3 is 11.1 Å². The van der Waals surface area contributed by atoms with Gasteiger partial charge in [-0.15, -0.1) is 0 Å². The molecule has 0 saturated heterocycles. The summed E-state index contributed by atoms with van der Waals surface area (Å²) in [5.41, 5.74) is 4.56. The van der Waals surface area contributed by atoms with Crippen LogP contribution in [0.1, 0.15) is 39.0 Å². The quantitative estimate of drug-likeness (QED) is 0.783. The van der Waals surface area contributed by atoms with Gasteiger partial charge in [-0.25, -0.2) is 0 Å². The van der Waals surface area contributed by atoms with Gasteiger partial charge in [0.15, 0.2) is 0 Å². The molecule has 20 heavy (non-hydrogen) atoms.